The number of carbonyl (C=O) groups is 1. The van der Waals surface area contributed by atoms with Crippen LogP contribution in [0, 0.1) is 0 Å². The Labute approximate surface area is 104 Å². The molecule has 5 heteroatoms. The second-order valence-electron chi connectivity index (χ2n) is 3.45. The van der Waals surface area contributed by atoms with Gasteiger partial charge in [0.2, 0.25) is 4.46 Å². The summed E-state index contributed by atoms with van der Waals surface area (Å²) in [6.07, 6.45) is 0. The van der Waals surface area contributed by atoms with Gasteiger partial charge in [-0.15, -0.1) is 0 Å². The maximum absolute atomic E-state index is 11.6. The molecule has 1 atom stereocenters. The smallest absolute Gasteiger partial charge is 0.334 e. The Bertz CT molecular complexity index is 394. The molecule has 2 rings (SSSR count). The van der Waals surface area contributed by atoms with Gasteiger partial charge >= 0.3 is 5.97 Å². The lowest BCUT2D eigenvalue weighted by atomic mass is 10.3. The van der Waals surface area contributed by atoms with Crippen molar-refractivity contribution in [2.24, 2.45) is 0 Å². The summed E-state index contributed by atoms with van der Waals surface area (Å²) >= 11 is 12.1. The molecule has 86 valence electrons. The van der Waals surface area contributed by atoms with E-state index in [1.807, 2.05) is 30.3 Å². The van der Waals surface area contributed by atoms with Crippen LogP contribution in [0.2, 0.25) is 0 Å². The van der Waals surface area contributed by atoms with Crippen molar-refractivity contribution >= 4 is 34.9 Å². The highest BCUT2D eigenvalue weighted by Gasteiger charge is 2.66. The van der Waals surface area contributed by atoms with Gasteiger partial charge in [-0.25, -0.2) is 4.79 Å². The van der Waals surface area contributed by atoms with Gasteiger partial charge < -0.3 is 9.64 Å². The molecule has 0 N–H and O–H groups in total. The van der Waals surface area contributed by atoms with Crippen molar-refractivity contribution in [1.82, 2.24) is 0 Å². The minimum absolute atomic E-state index is 0.321. The lowest BCUT2D eigenvalue weighted by Gasteiger charge is -2.04. The summed E-state index contributed by atoms with van der Waals surface area (Å²) in [5.74, 6) is -0.392. The van der Waals surface area contributed by atoms with Crippen LogP contribution in [0.1, 0.15) is 6.92 Å². The van der Waals surface area contributed by atoms with Crippen molar-refractivity contribution in [3.63, 3.8) is 0 Å². The Kier molecular flexibility index (Phi) is 3.00. The van der Waals surface area contributed by atoms with E-state index >= 15 is 0 Å². The molecule has 1 aliphatic rings. The number of ether oxygens (including phenoxy) is 1. The van der Waals surface area contributed by atoms with E-state index in [1.54, 1.807) is 11.8 Å². The Morgan fingerprint density at radius 1 is 1.44 bits per heavy atom. The van der Waals surface area contributed by atoms with E-state index in [0.29, 0.717) is 6.61 Å². The maximum atomic E-state index is 11.6. The van der Waals surface area contributed by atoms with Crippen LogP contribution in [0.4, 0.5) is 5.69 Å². The first-order chi connectivity index (χ1) is 7.59. The van der Waals surface area contributed by atoms with Crippen LogP contribution in [0.25, 0.3) is 0 Å². The van der Waals surface area contributed by atoms with E-state index < -0.39 is 16.5 Å². The van der Waals surface area contributed by atoms with Crippen molar-refractivity contribution in [1.29, 1.82) is 0 Å². The van der Waals surface area contributed by atoms with Crippen molar-refractivity contribution in [3.8, 4) is 0 Å². The molecule has 1 aromatic carbocycles. The summed E-state index contributed by atoms with van der Waals surface area (Å²) < 4.78 is 3.72. The normalized spacial score (nSPS) is 21.7. The molecule has 0 spiro atoms. The monoisotopic (exact) mass is 259 g/mol. The van der Waals surface area contributed by atoms with Crippen molar-refractivity contribution in [2.75, 3.05) is 11.5 Å². The summed E-state index contributed by atoms with van der Waals surface area (Å²) in [5, 5.41) is 0. The van der Waals surface area contributed by atoms with Crippen molar-refractivity contribution < 1.29 is 9.53 Å². The number of esters is 1. The fourth-order valence-electron chi connectivity index (χ4n) is 1.62. The third-order valence-corrected chi connectivity index (χ3v) is 3.16. The second kappa shape index (κ2) is 4.15. The van der Waals surface area contributed by atoms with Gasteiger partial charge in [-0.3, -0.25) is 0 Å². The molecule has 1 unspecified atom stereocenters. The molecule has 0 aromatic heterocycles. The molecular formula is C11H11Cl2NO2. The molecule has 1 fully saturated rings. The third kappa shape index (κ3) is 1.85. The number of alkyl halides is 2. The van der Waals surface area contributed by atoms with Gasteiger partial charge in [0.15, 0.2) is 6.04 Å². The number of anilines is 1. The van der Waals surface area contributed by atoms with Crippen LogP contribution in [-0.2, 0) is 9.53 Å². The largest absolute Gasteiger partial charge is 0.464 e. The van der Waals surface area contributed by atoms with E-state index in [1.165, 1.54) is 0 Å². The zero-order valence-corrected chi connectivity index (χ0v) is 10.2. The first-order valence-electron chi connectivity index (χ1n) is 4.98. The summed E-state index contributed by atoms with van der Waals surface area (Å²) in [7, 11) is 0. The summed E-state index contributed by atoms with van der Waals surface area (Å²) in [6, 6.07) is 8.69. The Morgan fingerprint density at radius 3 is 2.62 bits per heavy atom. The highest BCUT2D eigenvalue weighted by molar-refractivity contribution is 6.55. The molecule has 1 saturated heterocycles. The van der Waals surface area contributed by atoms with Gasteiger partial charge in [-0.2, -0.15) is 0 Å². The van der Waals surface area contributed by atoms with Gasteiger partial charge in [-0.05, 0) is 19.1 Å². The standard InChI is InChI=1S/C11H11Cl2NO2/c1-2-16-10(15)9-11(12,13)14(9)8-6-4-3-5-7-8/h3-7,9H,2H2,1H3. The maximum Gasteiger partial charge on any atom is 0.334 e. The summed E-state index contributed by atoms with van der Waals surface area (Å²) in [5.41, 5.74) is 0.811. The molecule has 1 heterocycles. The summed E-state index contributed by atoms with van der Waals surface area (Å²) in [6.45, 7) is 2.07. The molecule has 1 aliphatic heterocycles. The number of nitrogens with zero attached hydrogens (tertiary/aromatic N) is 1. The van der Waals surface area contributed by atoms with E-state index in [9.17, 15) is 4.79 Å². The number of halogens is 2. The van der Waals surface area contributed by atoms with Gasteiger partial charge in [0.1, 0.15) is 0 Å². The van der Waals surface area contributed by atoms with Gasteiger partial charge in [0.25, 0.3) is 0 Å². The fraction of sp³-hybridized carbons (Fsp3) is 0.364. The highest BCUT2D eigenvalue weighted by atomic mass is 35.5. The molecule has 16 heavy (non-hydrogen) atoms. The van der Waals surface area contributed by atoms with Crippen LogP contribution in [0.15, 0.2) is 30.3 Å². The van der Waals surface area contributed by atoms with E-state index in [2.05, 4.69) is 0 Å². The predicted molar refractivity (Wildman–Crippen MR) is 63.8 cm³/mol. The van der Waals surface area contributed by atoms with Gasteiger partial charge in [-0.1, -0.05) is 41.4 Å². The highest BCUT2D eigenvalue weighted by Crippen LogP contribution is 2.52. The zero-order chi connectivity index (χ0) is 11.8. The SMILES string of the molecule is CCOC(=O)C1N(c2ccccc2)C1(Cl)Cl. The van der Waals surface area contributed by atoms with E-state index in [4.69, 9.17) is 27.9 Å². The van der Waals surface area contributed by atoms with Crippen LogP contribution in [0.5, 0.6) is 0 Å². The van der Waals surface area contributed by atoms with Gasteiger partial charge in [0, 0.05) is 5.69 Å². The first-order valence-corrected chi connectivity index (χ1v) is 5.73. The molecule has 0 saturated carbocycles. The Balaban J connectivity index is 2.17. The lowest BCUT2D eigenvalue weighted by Crippen LogP contribution is -2.16. The van der Waals surface area contributed by atoms with E-state index in [-0.39, 0.29) is 0 Å². The van der Waals surface area contributed by atoms with Crippen LogP contribution < -0.4 is 4.90 Å². The molecule has 0 bridgehead atoms. The lowest BCUT2D eigenvalue weighted by molar-refractivity contribution is -0.142. The topological polar surface area (TPSA) is 29.3 Å². The predicted octanol–water partition coefficient (Wildman–Crippen LogP) is 2.57. The van der Waals surface area contributed by atoms with Crippen LogP contribution in [-0.4, -0.2) is 23.1 Å². The zero-order valence-electron chi connectivity index (χ0n) is 8.69. The molecule has 3 nitrogen and oxygen atoms in total. The third-order valence-electron chi connectivity index (χ3n) is 2.38. The number of hydrogen-bond acceptors (Lipinski definition) is 3. The summed E-state index contributed by atoms with van der Waals surface area (Å²) in [4.78, 5) is 13.2. The minimum atomic E-state index is -1.19. The van der Waals surface area contributed by atoms with Crippen molar-refractivity contribution in [3.05, 3.63) is 30.3 Å². The molecule has 0 aliphatic carbocycles. The number of benzene rings is 1. The van der Waals surface area contributed by atoms with Gasteiger partial charge in [0.05, 0.1) is 6.61 Å². The average molecular weight is 260 g/mol. The minimum Gasteiger partial charge on any atom is -0.464 e. The number of carbonyl (C=O) groups excluding carboxylic acids is 1. The second-order valence-corrected chi connectivity index (χ2v) is 4.79. The Morgan fingerprint density at radius 2 is 2.06 bits per heavy atom. The molecule has 0 radical (unpaired) electrons. The van der Waals surface area contributed by atoms with Crippen LogP contribution >= 0.6 is 23.2 Å². The quantitative estimate of drug-likeness (QED) is 0.362. The average Bonchev–Trinajstić information content (AvgIpc) is 2.83. The number of hydrogen-bond donors (Lipinski definition) is 0. The molecular weight excluding hydrogens is 249 g/mol. The van der Waals surface area contributed by atoms with Crippen molar-refractivity contribution in [2.45, 2.75) is 17.4 Å². The molecule has 0 amide bonds. The fourth-order valence-corrected chi connectivity index (χ4v) is 2.29. The van der Waals surface area contributed by atoms with Crippen LogP contribution in [0.3, 0.4) is 0 Å². The van der Waals surface area contributed by atoms with E-state index in [0.717, 1.165) is 5.69 Å². The first kappa shape index (κ1) is 11.6. The Hall–Kier alpha value is -0.930. The number of para-hydroxylation sites is 1. The number of rotatable bonds is 3. The molecule has 1 aromatic rings.